The Morgan fingerprint density at radius 3 is 2.03 bits per heavy atom. The van der Waals surface area contributed by atoms with Gasteiger partial charge in [0.15, 0.2) is 0 Å². The van der Waals surface area contributed by atoms with Crippen LogP contribution in [0.25, 0.3) is 0 Å². The third-order valence-corrected chi connectivity index (χ3v) is 7.56. The number of unbranched alkanes of at least 4 members (excludes halogenated alkanes) is 4. The van der Waals surface area contributed by atoms with E-state index < -0.39 is 17.1 Å². The van der Waals surface area contributed by atoms with Crippen molar-refractivity contribution in [2.45, 2.75) is 160 Å². The monoisotopic (exact) mass is 495 g/mol. The fourth-order valence-electron chi connectivity index (χ4n) is 5.15. The van der Waals surface area contributed by atoms with E-state index >= 15 is 0 Å². The molecule has 6 heteroatoms. The van der Waals surface area contributed by atoms with Crippen LogP contribution in [-0.2, 0) is 23.9 Å². The van der Waals surface area contributed by atoms with Gasteiger partial charge in [0.25, 0.3) is 0 Å². The summed E-state index contributed by atoms with van der Waals surface area (Å²) >= 11 is 0. The predicted molar refractivity (Wildman–Crippen MR) is 141 cm³/mol. The van der Waals surface area contributed by atoms with Crippen molar-refractivity contribution < 1.29 is 23.9 Å². The highest BCUT2D eigenvalue weighted by molar-refractivity contribution is 5.86. The van der Waals surface area contributed by atoms with Gasteiger partial charge in [-0.1, -0.05) is 104 Å². The van der Waals surface area contributed by atoms with E-state index in [1.54, 1.807) is 0 Å². The zero-order chi connectivity index (χ0) is 25.8. The summed E-state index contributed by atoms with van der Waals surface area (Å²) in [7, 11) is 0. The van der Waals surface area contributed by atoms with Crippen LogP contribution in [0.3, 0.4) is 0 Å². The molecule has 0 radical (unpaired) electrons. The highest BCUT2D eigenvalue weighted by Gasteiger charge is 2.57. The Morgan fingerprint density at radius 1 is 0.886 bits per heavy atom. The molecule has 0 aromatic carbocycles. The minimum atomic E-state index is -1.51. The highest BCUT2D eigenvalue weighted by Crippen LogP contribution is 2.38. The summed E-state index contributed by atoms with van der Waals surface area (Å²) in [6, 6.07) is 0. The lowest BCUT2D eigenvalue weighted by Gasteiger charge is -2.45. The first-order valence-electron chi connectivity index (χ1n) is 14.6. The van der Waals surface area contributed by atoms with Gasteiger partial charge < -0.3 is 14.8 Å². The van der Waals surface area contributed by atoms with E-state index in [9.17, 15) is 14.4 Å². The normalized spacial score (nSPS) is 25.7. The van der Waals surface area contributed by atoms with E-state index in [2.05, 4.69) is 12.2 Å². The fourth-order valence-corrected chi connectivity index (χ4v) is 5.15. The van der Waals surface area contributed by atoms with Gasteiger partial charge in [-0.25, -0.2) is 4.79 Å². The molecule has 6 nitrogen and oxygen atoms in total. The van der Waals surface area contributed by atoms with E-state index in [4.69, 9.17) is 9.47 Å². The number of amides is 1. The van der Waals surface area contributed by atoms with Crippen LogP contribution in [0.15, 0.2) is 0 Å². The van der Waals surface area contributed by atoms with E-state index in [-0.39, 0.29) is 12.4 Å². The van der Waals surface area contributed by atoms with Crippen molar-refractivity contribution in [3.05, 3.63) is 0 Å². The third-order valence-electron chi connectivity index (χ3n) is 7.56. The van der Waals surface area contributed by atoms with Crippen molar-refractivity contribution in [3.63, 3.8) is 0 Å². The largest absolute Gasteiger partial charge is 0.463 e. The van der Waals surface area contributed by atoms with E-state index in [0.29, 0.717) is 32.3 Å². The summed E-state index contributed by atoms with van der Waals surface area (Å²) in [5.74, 6) is -0.885. The molecule has 2 unspecified atom stereocenters. The first-order valence-corrected chi connectivity index (χ1v) is 14.6. The lowest BCUT2D eigenvalue weighted by molar-refractivity contribution is -0.196. The number of cyclic esters (lactones) is 1. The summed E-state index contributed by atoms with van der Waals surface area (Å²) in [5, 5.41) is 2.94. The maximum absolute atomic E-state index is 13.8. The van der Waals surface area contributed by atoms with Crippen LogP contribution in [-0.4, -0.2) is 36.1 Å². The SMILES string of the molecule is CCCCCCC1(OC(=O)CCCC)C(=O)OCCCCCCCCCCCCCC1(C)NC=O. The van der Waals surface area contributed by atoms with E-state index in [1.807, 2.05) is 13.8 Å². The minimum Gasteiger partial charge on any atom is -0.463 e. The predicted octanol–water partition coefficient (Wildman–Crippen LogP) is 7.17. The van der Waals surface area contributed by atoms with E-state index in [0.717, 1.165) is 70.6 Å². The highest BCUT2D eigenvalue weighted by atomic mass is 16.6. The maximum Gasteiger partial charge on any atom is 0.353 e. The molecule has 204 valence electrons. The quantitative estimate of drug-likeness (QED) is 0.187. The standard InChI is InChI=1S/C29H53NO5/c1-4-6-8-19-23-29(35-26(32)21-7-5-2)27(33)34-24-20-17-15-13-11-9-10-12-14-16-18-22-28(29,3)30-25-31/h25H,4-24H2,1-3H3,(H,30,31). The van der Waals surface area contributed by atoms with Crippen LogP contribution in [0.1, 0.15) is 149 Å². The average Bonchev–Trinajstić information content (AvgIpc) is 2.84. The average molecular weight is 496 g/mol. The Kier molecular flexibility index (Phi) is 16.8. The lowest BCUT2D eigenvalue weighted by Crippen LogP contribution is -2.67. The molecule has 2 atom stereocenters. The molecule has 1 heterocycles. The zero-order valence-electron chi connectivity index (χ0n) is 23.0. The minimum absolute atomic E-state index is 0.262. The molecule has 1 aliphatic heterocycles. The molecule has 1 N–H and O–H groups in total. The summed E-state index contributed by atoms with van der Waals surface area (Å²) in [6.45, 7) is 6.35. The van der Waals surface area contributed by atoms with Crippen LogP contribution in [0.5, 0.6) is 0 Å². The van der Waals surface area contributed by atoms with Gasteiger partial charge in [-0.2, -0.15) is 0 Å². The van der Waals surface area contributed by atoms with Crippen molar-refractivity contribution in [1.82, 2.24) is 5.32 Å². The molecule has 0 saturated carbocycles. The van der Waals surface area contributed by atoms with Crippen molar-refractivity contribution in [3.8, 4) is 0 Å². The number of esters is 2. The molecular formula is C29H53NO5. The molecule has 0 bridgehead atoms. The Bertz CT molecular complexity index is 596. The van der Waals surface area contributed by atoms with Crippen molar-refractivity contribution in [2.75, 3.05) is 6.61 Å². The van der Waals surface area contributed by atoms with E-state index in [1.165, 1.54) is 32.1 Å². The van der Waals surface area contributed by atoms with Crippen LogP contribution in [0, 0.1) is 0 Å². The van der Waals surface area contributed by atoms with Gasteiger partial charge in [-0.05, 0) is 32.6 Å². The number of carbonyl (C=O) groups excluding carboxylic acids is 3. The Labute approximate surface area is 214 Å². The van der Waals surface area contributed by atoms with Gasteiger partial charge in [-0.3, -0.25) is 9.59 Å². The molecule has 0 aliphatic carbocycles. The summed E-state index contributed by atoms with van der Waals surface area (Å²) in [5.41, 5.74) is -2.53. The number of rotatable bonds is 11. The number of carbonyl (C=O) groups is 3. The van der Waals surface area contributed by atoms with Crippen LogP contribution < -0.4 is 5.32 Å². The Hall–Kier alpha value is -1.59. The maximum atomic E-state index is 13.8. The second-order valence-electron chi connectivity index (χ2n) is 10.6. The fraction of sp³-hybridized carbons (Fsp3) is 0.897. The lowest BCUT2D eigenvalue weighted by atomic mass is 9.73. The van der Waals surface area contributed by atoms with Crippen LogP contribution in [0.2, 0.25) is 0 Å². The van der Waals surface area contributed by atoms with Crippen molar-refractivity contribution in [1.29, 1.82) is 0 Å². The summed E-state index contributed by atoms with van der Waals surface area (Å²) in [4.78, 5) is 38.5. The second-order valence-corrected chi connectivity index (χ2v) is 10.6. The molecular weight excluding hydrogens is 442 g/mol. The molecule has 0 spiro atoms. The molecule has 1 rings (SSSR count). The topological polar surface area (TPSA) is 81.7 Å². The number of hydrogen-bond acceptors (Lipinski definition) is 5. The zero-order valence-corrected chi connectivity index (χ0v) is 23.0. The first kappa shape index (κ1) is 31.4. The van der Waals surface area contributed by atoms with Gasteiger partial charge in [0.2, 0.25) is 12.0 Å². The summed E-state index contributed by atoms with van der Waals surface area (Å²) in [6.07, 6.45) is 19.5. The van der Waals surface area contributed by atoms with Gasteiger partial charge in [-0.15, -0.1) is 0 Å². The summed E-state index contributed by atoms with van der Waals surface area (Å²) < 4.78 is 11.9. The second kappa shape index (κ2) is 18.6. The molecule has 0 aromatic heterocycles. The van der Waals surface area contributed by atoms with Gasteiger partial charge >= 0.3 is 11.9 Å². The van der Waals surface area contributed by atoms with Gasteiger partial charge in [0.05, 0.1) is 12.1 Å². The number of nitrogens with one attached hydrogen (secondary N) is 1. The molecule has 35 heavy (non-hydrogen) atoms. The molecule has 1 amide bonds. The molecule has 1 saturated heterocycles. The molecule has 0 aromatic rings. The van der Waals surface area contributed by atoms with Gasteiger partial charge in [0.1, 0.15) is 0 Å². The van der Waals surface area contributed by atoms with Crippen LogP contribution in [0.4, 0.5) is 0 Å². The van der Waals surface area contributed by atoms with Crippen molar-refractivity contribution in [2.24, 2.45) is 0 Å². The molecule has 1 aliphatic rings. The number of ether oxygens (including phenoxy) is 2. The first-order chi connectivity index (χ1) is 17.0. The molecule has 1 fully saturated rings. The third kappa shape index (κ3) is 11.3. The van der Waals surface area contributed by atoms with Gasteiger partial charge in [0, 0.05) is 12.8 Å². The Morgan fingerprint density at radius 2 is 1.46 bits per heavy atom. The smallest absolute Gasteiger partial charge is 0.353 e. The van der Waals surface area contributed by atoms with Crippen LogP contribution >= 0.6 is 0 Å². The number of hydrogen-bond donors (Lipinski definition) is 1. The van der Waals surface area contributed by atoms with Crippen molar-refractivity contribution >= 4 is 18.3 Å². The Balaban J connectivity index is 3.27.